The summed E-state index contributed by atoms with van der Waals surface area (Å²) in [6.07, 6.45) is 20.1. The quantitative estimate of drug-likeness (QED) is 0.182. The van der Waals surface area contributed by atoms with Gasteiger partial charge in [-0.15, -0.1) is 0 Å². The van der Waals surface area contributed by atoms with Gasteiger partial charge in [0.25, 0.3) is 0 Å². The van der Waals surface area contributed by atoms with Gasteiger partial charge in [-0.2, -0.15) is 0 Å². The molecule has 3 saturated carbocycles. The van der Waals surface area contributed by atoms with E-state index in [1.54, 1.807) is 30.1 Å². The van der Waals surface area contributed by atoms with Gasteiger partial charge in [0.05, 0.1) is 0 Å². The fourth-order valence-electron chi connectivity index (χ4n) is 11.1. The van der Waals surface area contributed by atoms with E-state index < -0.39 is 19.8 Å². The zero-order chi connectivity index (χ0) is 23.8. The number of hydrogen-bond donors (Lipinski definition) is 0. The molecule has 0 N–H and O–H groups in total. The Balaban J connectivity index is 1.45. The number of rotatable bonds is 3. The molecule has 0 radical (unpaired) electrons. The summed E-state index contributed by atoms with van der Waals surface area (Å²) in [5, 5.41) is 0. The molecular formula is C32H53I. The molecule has 5 rings (SSSR count). The van der Waals surface area contributed by atoms with Crippen molar-refractivity contribution in [2.24, 2.45) is 45.8 Å². The van der Waals surface area contributed by atoms with Crippen molar-refractivity contribution >= 4 is 19.8 Å². The van der Waals surface area contributed by atoms with Gasteiger partial charge >= 0.3 is 214 Å². The molecule has 188 valence electrons. The molecular weight excluding hydrogens is 511 g/mol. The van der Waals surface area contributed by atoms with Crippen LogP contribution in [0.3, 0.4) is 0 Å². The molecule has 0 aromatic rings. The average Bonchev–Trinajstić information content (AvgIpc) is 3.07. The van der Waals surface area contributed by atoms with Gasteiger partial charge in [0, 0.05) is 0 Å². The van der Waals surface area contributed by atoms with E-state index in [4.69, 9.17) is 0 Å². The summed E-state index contributed by atoms with van der Waals surface area (Å²) in [7, 11) is 0. The zero-order valence-corrected chi connectivity index (χ0v) is 25.1. The topological polar surface area (TPSA) is 0 Å². The molecule has 5 fully saturated rings. The number of halogens is 1. The van der Waals surface area contributed by atoms with Crippen molar-refractivity contribution in [3.8, 4) is 0 Å². The second kappa shape index (κ2) is 8.37. The number of allylic oxidation sites excluding steroid dienone is 3. The van der Waals surface area contributed by atoms with Gasteiger partial charge in [-0.25, -0.2) is 0 Å². The second-order valence-electron chi connectivity index (χ2n) is 14.4. The molecule has 2 saturated heterocycles. The third-order valence-corrected chi connectivity index (χ3v) is 21.9. The SMILES string of the molecule is C=C(C)CC1CCC2(C)C(CCC3(C)C2CCC2C4C(C)CCC4(/C=C/C)CCI23)C1(C)C. The standard InChI is InChI=1S/C32H53I/c1-9-15-32-18-12-23(4)28(32)25-10-11-27-30(7)16-13-24(21-22(2)3)29(5,6)26(30)14-17-31(27,8)33(25)20-19-32/h9,15,23-28H,2,10-14,16-21H2,1,3-8H3/b15-9+. The third-order valence-electron chi connectivity index (χ3n) is 12.4. The Kier molecular flexibility index (Phi) is 6.31. The zero-order valence-electron chi connectivity index (χ0n) is 23.0. The van der Waals surface area contributed by atoms with Crippen LogP contribution in [0.25, 0.3) is 0 Å². The Morgan fingerprint density at radius 3 is 2.39 bits per heavy atom. The van der Waals surface area contributed by atoms with Gasteiger partial charge in [-0.3, -0.25) is 0 Å². The number of hydrogen-bond acceptors (Lipinski definition) is 0. The monoisotopic (exact) mass is 564 g/mol. The van der Waals surface area contributed by atoms with E-state index in [0.29, 0.717) is 16.2 Å². The third kappa shape index (κ3) is 3.53. The maximum atomic E-state index is 4.31. The fourth-order valence-corrected chi connectivity index (χ4v) is 23.0. The van der Waals surface area contributed by atoms with Crippen LogP contribution >= 0.6 is 19.8 Å². The van der Waals surface area contributed by atoms with Crippen molar-refractivity contribution in [2.45, 2.75) is 120 Å². The van der Waals surface area contributed by atoms with Crippen molar-refractivity contribution < 1.29 is 0 Å². The molecule has 0 amide bonds. The molecule has 1 heteroatoms. The summed E-state index contributed by atoms with van der Waals surface area (Å²) in [6, 6.07) is 0. The first-order valence-corrected chi connectivity index (χ1v) is 18.3. The average molecular weight is 565 g/mol. The molecule has 0 bridgehead atoms. The van der Waals surface area contributed by atoms with Crippen molar-refractivity contribution in [1.82, 2.24) is 0 Å². The second-order valence-corrected chi connectivity index (χ2v) is 21.8. The Morgan fingerprint density at radius 2 is 1.70 bits per heavy atom. The Morgan fingerprint density at radius 1 is 0.939 bits per heavy atom. The van der Waals surface area contributed by atoms with Crippen LogP contribution in [0.15, 0.2) is 24.3 Å². The molecule has 9 unspecified atom stereocenters. The van der Waals surface area contributed by atoms with Crippen LogP contribution in [0.5, 0.6) is 0 Å². The molecule has 5 aliphatic rings. The van der Waals surface area contributed by atoms with E-state index in [0.717, 1.165) is 36.9 Å². The predicted octanol–water partition coefficient (Wildman–Crippen LogP) is 9.86. The van der Waals surface area contributed by atoms with Gasteiger partial charge in [0.2, 0.25) is 0 Å². The summed E-state index contributed by atoms with van der Waals surface area (Å²) >= 11 is -1.04. The minimum atomic E-state index is -1.04. The van der Waals surface area contributed by atoms with Gasteiger partial charge in [0.15, 0.2) is 0 Å². The van der Waals surface area contributed by atoms with Gasteiger partial charge < -0.3 is 0 Å². The summed E-state index contributed by atoms with van der Waals surface area (Å²) in [6.45, 7) is 22.5. The summed E-state index contributed by atoms with van der Waals surface area (Å²) in [5.74, 6) is 4.78. The van der Waals surface area contributed by atoms with Crippen LogP contribution in [0.2, 0.25) is 0 Å². The van der Waals surface area contributed by atoms with Crippen molar-refractivity contribution in [3.05, 3.63) is 24.3 Å². The molecule has 0 nitrogen and oxygen atoms in total. The Hall–Kier alpha value is 0.210. The van der Waals surface area contributed by atoms with E-state index >= 15 is 0 Å². The molecule has 2 aliphatic heterocycles. The fraction of sp³-hybridized carbons (Fsp3) is 0.875. The molecule has 2 heterocycles. The van der Waals surface area contributed by atoms with Crippen LogP contribution in [0.1, 0.15) is 113 Å². The van der Waals surface area contributed by atoms with Gasteiger partial charge in [0.1, 0.15) is 0 Å². The number of alkyl halides is 3. The van der Waals surface area contributed by atoms with Crippen molar-refractivity contribution in [2.75, 3.05) is 4.43 Å². The van der Waals surface area contributed by atoms with Gasteiger partial charge in [-0.05, 0) is 0 Å². The van der Waals surface area contributed by atoms with E-state index in [-0.39, 0.29) is 0 Å². The Bertz CT molecular complexity index is 807. The molecule has 9 atom stereocenters. The summed E-state index contributed by atoms with van der Waals surface area (Å²) < 4.78 is 3.54. The molecule has 0 aromatic heterocycles. The first-order chi connectivity index (χ1) is 15.5. The van der Waals surface area contributed by atoms with Crippen molar-refractivity contribution in [1.29, 1.82) is 0 Å². The molecule has 0 aromatic carbocycles. The van der Waals surface area contributed by atoms with Crippen LogP contribution < -0.4 is 0 Å². The van der Waals surface area contributed by atoms with Crippen LogP contribution in [-0.2, 0) is 0 Å². The molecule has 33 heavy (non-hydrogen) atoms. The predicted molar refractivity (Wildman–Crippen MR) is 154 cm³/mol. The van der Waals surface area contributed by atoms with Crippen molar-refractivity contribution in [3.63, 3.8) is 0 Å². The van der Waals surface area contributed by atoms with Gasteiger partial charge in [-0.1, -0.05) is 0 Å². The Labute approximate surface area is 213 Å². The van der Waals surface area contributed by atoms with E-state index in [2.05, 4.69) is 67.2 Å². The molecule has 0 spiro atoms. The molecule has 3 aliphatic carbocycles. The summed E-state index contributed by atoms with van der Waals surface area (Å²) in [5.41, 5.74) is 3.05. The maximum absolute atomic E-state index is 4.31. The van der Waals surface area contributed by atoms with Crippen LogP contribution in [0, 0.1) is 45.8 Å². The summed E-state index contributed by atoms with van der Waals surface area (Å²) in [4.78, 5) is 0. The van der Waals surface area contributed by atoms with Crippen LogP contribution in [-0.4, -0.2) is 11.8 Å². The van der Waals surface area contributed by atoms with E-state index in [1.165, 1.54) is 44.1 Å². The number of fused-ring (bicyclic) bond motifs is 7. The van der Waals surface area contributed by atoms with Crippen LogP contribution in [0.4, 0.5) is 0 Å². The van der Waals surface area contributed by atoms with E-state index in [1.807, 2.05) is 0 Å². The van der Waals surface area contributed by atoms with E-state index in [9.17, 15) is 0 Å². The first kappa shape index (κ1) is 24.9. The normalized spacial score (nSPS) is 52.0. The first-order valence-electron chi connectivity index (χ1n) is 14.4. The minimum absolute atomic E-state index is 0.473.